The number of nitrogens with two attached hydrogens (primary N) is 1. The molecule has 0 aliphatic carbocycles. The van der Waals surface area contributed by atoms with Gasteiger partial charge in [-0.25, -0.2) is 4.39 Å². The molecule has 0 spiro atoms. The van der Waals surface area contributed by atoms with Gasteiger partial charge in [0.1, 0.15) is 5.82 Å². The van der Waals surface area contributed by atoms with Gasteiger partial charge in [0.25, 0.3) is 0 Å². The lowest BCUT2D eigenvalue weighted by Crippen LogP contribution is -2.25. The Labute approximate surface area is 98.0 Å². The van der Waals surface area contributed by atoms with E-state index in [0.29, 0.717) is 30.8 Å². The fourth-order valence-corrected chi connectivity index (χ4v) is 2.00. The summed E-state index contributed by atoms with van der Waals surface area (Å²) in [5.41, 5.74) is 6.51. The number of nitrogens with zero attached hydrogens (tertiary/aromatic N) is 2. The molecule has 5 nitrogen and oxygen atoms in total. The smallest absolute Gasteiger partial charge is 0.172 e. The number of β-amino-alcohol motifs (C(OH)–C–C–N with tert-alkyl or cyclic N) is 1. The molecule has 1 aliphatic heterocycles. The molecule has 1 heterocycles. The SMILES string of the molecule is NC(=NO)c1cc(F)ccc1N1CCC(O)C1. The minimum absolute atomic E-state index is 0.138. The quantitative estimate of drug-likeness (QED) is 0.303. The van der Waals surface area contributed by atoms with E-state index in [1.54, 1.807) is 6.07 Å². The highest BCUT2D eigenvalue weighted by molar-refractivity contribution is 6.02. The number of hydrogen-bond donors (Lipinski definition) is 3. The Balaban J connectivity index is 2.39. The normalized spacial score (nSPS) is 20.9. The Kier molecular flexibility index (Phi) is 3.14. The summed E-state index contributed by atoms with van der Waals surface area (Å²) in [6, 6.07) is 4.10. The van der Waals surface area contributed by atoms with Crippen LogP contribution in [0.3, 0.4) is 0 Å². The summed E-state index contributed by atoms with van der Waals surface area (Å²) in [6.07, 6.45) is 0.271. The third-order valence-corrected chi connectivity index (χ3v) is 2.85. The molecule has 1 aliphatic rings. The maximum absolute atomic E-state index is 13.1. The molecular formula is C11H14FN3O2. The van der Waals surface area contributed by atoms with E-state index in [-0.39, 0.29) is 11.9 Å². The van der Waals surface area contributed by atoms with Gasteiger partial charge < -0.3 is 20.9 Å². The number of aliphatic hydroxyl groups is 1. The number of hydrogen-bond acceptors (Lipinski definition) is 4. The Bertz CT molecular complexity index is 450. The molecule has 1 unspecified atom stereocenters. The Hall–Kier alpha value is -1.82. The van der Waals surface area contributed by atoms with Crippen LogP contribution in [0.25, 0.3) is 0 Å². The average molecular weight is 239 g/mol. The second-order valence-corrected chi connectivity index (χ2v) is 4.04. The van der Waals surface area contributed by atoms with Gasteiger partial charge in [0, 0.05) is 24.3 Å². The molecule has 92 valence electrons. The predicted octanol–water partition coefficient (Wildman–Crippen LogP) is 0.491. The molecule has 17 heavy (non-hydrogen) atoms. The molecule has 1 aromatic carbocycles. The minimum atomic E-state index is -0.449. The van der Waals surface area contributed by atoms with Gasteiger partial charge in [-0.2, -0.15) is 0 Å². The third kappa shape index (κ3) is 2.31. The number of rotatable bonds is 2. The Morgan fingerprint density at radius 3 is 2.88 bits per heavy atom. The van der Waals surface area contributed by atoms with Gasteiger partial charge in [0.15, 0.2) is 5.84 Å². The van der Waals surface area contributed by atoms with Crippen molar-refractivity contribution in [2.45, 2.75) is 12.5 Å². The van der Waals surface area contributed by atoms with Gasteiger partial charge in [0.2, 0.25) is 0 Å². The molecule has 0 saturated carbocycles. The maximum atomic E-state index is 13.1. The van der Waals surface area contributed by atoms with Crippen molar-refractivity contribution in [3.8, 4) is 0 Å². The van der Waals surface area contributed by atoms with E-state index in [0.717, 1.165) is 0 Å². The van der Waals surface area contributed by atoms with E-state index in [9.17, 15) is 9.50 Å². The van der Waals surface area contributed by atoms with E-state index in [4.69, 9.17) is 10.9 Å². The number of aliphatic hydroxyl groups excluding tert-OH is 1. The van der Waals surface area contributed by atoms with E-state index in [1.807, 2.05) is 4.90 Å². The van der Waals surface area contributed by atoms with Crippen LogP contribution in [0.15, 0.2) is 23.4 Å². The average Bonchev–Trinajstić information content (AvgIpc) is 2.74. The van der Waals surface area contributed by atoms with Gasteiger partial charge in [-0.15, -0.1) is 0 Å². The van der Waals surface area contributed by atoms with E-state index in [2.05, 4.69) is 5.16 Å². The van der Waals surface area contributed by atoms with Crippen molar-refractivity contribution in [3.05, 3.63) is 29.6 Å². The molecule has 0 bridgehead atoms. The zero-order chi connectivity index (χ0) is 12.4. The van der Waals surface area contributed by atoms with Crippen molar-refractivity contribution in [1.29, 1.82) is 0 Å². The molecule has 0 amide bonds. The monoisotopic (exact) mass is 239 g/mol. The summed E-state index contributed by atoms with van der Waals surface area (Å²) in [4.78, 5) is 1.89. The van der Waals surface area contributed by atoms with Gasteiger partial charge in [-0.1, -0.05) is 5.16 Å². The molecule has 1 aromatic rings. The first-order chi connectivity index (χ1) is 8.11. The van der Waals surface area contributed by atoms with Crippen molar-refractivity contribution < 1.29 is 14.7 Å². The highest BCUT2D eigenvalue weighted by Gasteiger charge is 2.23. The number of amidine groups is 1. The Morgan fingerprint density at radius 1 is 1.53 bits per heavy atom. The van der Waals surface area contributed by atoms with Crippen LogP contribution in [0.1, 0.15) is 12.0 Å². The van der Waals surface area contributed by atoms with Crippen LogP contribution < -0.4 is 10.6 Å². The summed E-state index contributed by atoms with van der Waals surface area (Å²) in [7, 11) is 0. The van der Waals surface area contributed by atoms with E-state index >= 15 is 0 Å². The molecular weight excluding hydrogens is 225 g/mol. The van der Waals surface area contributed by atoms with Crippen LogP contribution in [0.5, 0.6) is 0 Å². The lowest BCUT2D eigenvalue weighted by Gasteiger charge is -2.21. The molecule has 0 radical (unpaired) electrons. The number of anilines is 1. The topological polar surface area (TPSA) is 82.1 Å². The molecule has 1 atom stereocenters. The zero-order valence-electron chi connectivity index (χ0n) is 9.17. The standard InChI is InChI=1S/C11H14FN3O2/c12-7-1-2-10(9(5-7)11(13)14-17)15-4-3-8(16)6-15/h1-2,5,8,16-17H,3-4,6H2,(H2,13,14). The van der Waals surface area contributed by atoms with Crippen LogP contribution in [0.2, 0.25) is 0 Å². The van der Waals surface area contributed by atoms with E-state index < -0.39 is 5.82 Å². The summed E-state index contributed by atoms with van der Waals surface area (Å²) in [5.74, 6) is -0.587. The van der Waals surface area contributed by atoms with Crippen LogP contribution >= 0.6 is 0 Å². The molecule has 1 saturated heterocycles. The van der Waals surface area contributed by atoms with Gasteiger partial charge in [-0.05, 0) is 24.6 Å². The van der Waals surface area contributed by atoms with Crippen LogP contribution in [0, 0.1) is 5.82 Å². The first-order valence-corrected chi connectivity index (χ1v) is 5.32. The predicted molar refractivity (Wildman–Crippen MR) is 61.7 cm³/mol. The molecule has 2 rings (SSSR count). The Morgan fingerprint density at radius 2 is 2.29 bits per heavy atom. The summed E-state index contributed by atoms with van der Waals surface area (Å²) < 4.78 is 13.1. The first kappa shape index (κ1) is 11.7. The van der Waals surface area contributed by atoms with Crippen molar-refractivity contribution >= 4 is 11.5 Å². The fraction of sp³-hybridized carbons (Fsp3) is 0.364. The molecule has 0 aromatic heterocycles. The summed E-state index contributed by atoms with van der Waals surface area (Å²) in [6.45, 7) is 1.13. The van der Waals surface area contributed by atoms with Crippen molar-refractivity contribution in [2.75, 3.05) is 18.0 Å². The van der Waals surface area contributed by atoms with Crippen LogP contribution in [-0.2, 0) is 0 Å². The first-order valence-electron chi connectivity index (χ1n) is 5.32. The third-order valence-electron chi connectivity index (χ3n) is 2.85. The van der Waals surface area contributed by atoms with Crippen LogP contribution in [-0.4, -0.2) is 35.3 Å². The number of halogens is 1. The van der Waals surface area contributed by atoms with Crippen molar-refractivity contribution in [3.63, 3.8) is 0 Å². The molecule has 4 N–H and O–H groups in total. The molecule has 1 fully saturated rings. The summed E-state index contributed by atoms with van der Waals surface area (Å²) >= 11 is 0. The van der Waals surface area contributed by atoms with Crippen LogP contribution in [0.4, 0.5) is 10.1 Å². The van der Waals surface area contributed by atoms with Gasteiger partial charge >= 0.3 is 0 Å². The lowest BCUT2D eigenvalue weighted by atomic mass is 10.1. The second-order valence-electron chi connectivity index (χ2n) is 4.04. The minimum Gasteiger partial charge on any atom is -0.409 e. The molecule has 6 heteroatoms. The van der Waals surface area contributed by atoms with Crippen molar-refractivity contribution in [1.82, 2.24) is 0 Å². The van der Waals surface area contributed by atoms with Gasteiger partial charge in [-0.3, -0.25) is 0 Å². The summed E-state index contributed by atoms with van der Waals surface area (Å²) in [5, 5.41) is 21.0. The maximum Gasteiger partial charge on any atom is 0.172 e. The van der Waals surface area contributed by atoms with Crippen molar-refractivity contribution in [2.24, 2.45) is 10.9 Å². The highest BCUT2D eigenvalue weighted by atomic mass is 19.1. The zero-order valence-corrected chi connectivity index (χ0v) is 9.17. The number of oxime groups is 1. The largest absolute Gasteiger partial charge is 0.409 e. The lowest BCUT2D eigenvalue weighted by molar-refractivity contribution is 0.198. The van der Waals surface area contributed by atoms with Gasteiger partial charge in [0.05, 0.1) is 6.10 Å². The fourth-order valence-electron chi connectivity index (χ4n) is 2.00. The second kappa shape index (κ2) is 4.58. The number of benzene rings is 1. The highest BCUT2D eigenvalue weighted by Crippen LogP contribution is 2.25. The van der Waals surface area contributed by atoms with E-state index in [1.165, 1.54) is 12.1 Å².